The Labute approximate surface area is 152 Å². The van der Waals surface area contributed by atoms with Crippen LogP contribution in [0.4, 0.5) is 18.9 Å². The summed E-state index contributed by atoms with van der Waals surface area (Å²) in [6.07, 6.45) is -5.30. The smallest absolute Gasteiger partial charge is 0.417 e. The number of hydrogen-bond acceptors (Lipinski definition) is 3. The Morgan fingerprint density at radius 3 is 2.48 bits per heavy atom. The first-order chi connectivity index (χ1) is 11.7. The predicted octanol–water partition coefficient (Wildman–Crippen LogP) is 4.94. The van der Waals surface area contributed by atoms with Crippen molar-refractivity contribution in [1.82, 2.24) is 0 Å². The Bertz CT molecular complexity index is 735. The molecule has 0 amide bonds. The quantitative estimate of drug-likeness (QED) is 0.699. The number of alkyl halides is 3. The van der Waals surface area contributed by atoms with Gasteiger partial charge < -0.3 is 15.2 Å². The van der Waals surface area contributed by atoms with Crippen molar-refractivity contribution in [3.63, 3.8) is 0 Å². The fourth-order valence-electron chi connectivity index (χ4n) is 2.14. The molecule has 1 atom stereocenters. The Balaban J connectivity index is 1.89. The molecule has 0 saturated heterocycles. The number of rotatable bonds is 6. The highest BCUT2D eigenvalue weighted by molar-refractivity contribution is 9.10. The van der Waals surface area contributed by atoms with Crippen molar-refractivity contribution in [2.24, 2.45) is 0 Å². The van der Waals surface area contributed by atoms with E-state index >= 15 is 0 Å². The molecule has 2 aromatic rings. The molecule has 0 radical (unpaired) electrons. The highest BCUT2D eigenvalue weighted by atomic mass is 79.9. The van der Waals surface area contributed by atoms with Crippen LogP contribution in [0.25, 0.3) is 0 Å². The molecule has 2 N–H and O–H groups in total. The van der Waals surface area contributed by atoms with Gasteiger partial charge in [-0.2, -0.15) is 13.2 Å². The summed E-state index contributed by atoms with van der Waals surface area (Å²) in [5.41, 5.74) is 1.74. The molecule has 2 aromatic carbocycles. The van der Waals surface area contributed by atoms with Crippen LogP contribution in [0.5, 0.6) is 5.75 Å². The lowest BCUT2D eigenvalue weighted by Gasteiger charge is -2.16. The van der Waals surface area contributed by atoms with Crippen molar-refractivity contribution in [3.05, 3.63) is 57.6 Å². The van der Waals surface area contributed by atoms with Crippen molar-refractivity contribution in [2.45, 2.75) is 26.1 Å². The van der Waals surface area contributed by atoms with Gasteiger partial charge in [0.25, 0.3) is 0 Å². The second-order valence-corrected chi connectivity index (χ2v) is 6.64. The van der Waals surface area contributed by atoms with E-state index in [0.717, 1.165) is 17.2 Å². The SMILES string of the molecule is Cc1ccc(OC[C@@H](O)CNc2ccc(Br)c(C(F)(F)F)c2)cc1C. The van der Waals surface area contributed by atoms with Crippen LogP contribution in [-0.4, -0.2) is 24.4 Å². The van der Waals surface area contributed by atoms with E-state index in [-0.39, 0.29) is 23.3 Å². The number of aryl methyl sites for hydroxylation is 2. The number of hydrogen-bond donors (Lipinski definition) is 2. The third-order valence-electron chi connectivity index (χ3n) is 3.73. The normalized spacial score (nSPS) is 12.8. The van der Waals surface area contributed by atoms with Gasteiger partial charge in [-0.1, -0.05) is 22.0 Å². The van der Waals surface area contributed by atoms with Crippen molar-refractivity contribution in [3.8, 4) is 5.75 Å². The van der Waals surface area contributed by atoms with Gasteiger partial charge >= 0.3 is 6.18 Å². The van der Waals surface area contributed by atoms with Crippen molar-refractivity contribution in [2.75, 3.05) is 18.5 Å². The summed E-state index contributed by atoms with van der Waals surface area (Å²) < 4.78 is 44.1. The first-order valence-corrected chi connectivity index (χ1v) is 8.45. The van der Waals surface area contributed by atoms with E-state index in [1.54, 1.807) is 0 Å². The molecule has 0 fully saturated rings. The minimum Gasteiger partial charge on any atom is -0.491 e. The summed E-state index contributed by atoms with van der Waals surface area (Å²) in [7, 11) is 0. The van der Waals surface area contributed by atoms with Crippen molar-refractivity contribution in [1.29, 1.82) is 0 Å². The maximum Gasteiger partial charge on any atom is 0.417 e. The van der Waals surface area contributed by atoms with E-state index in [1.165, 1.54) is 12.1 Å². The fourth-order valence-corrected chi connectivity index (χ4v) is 2.61. The Morgan fingerprint density at radius 1 is 1.12 bits per heavy atom. The van der Waals surface area contributed by atoms with Crippen molar-refractivity contribution < 1.29 is 23.0 Å². The van der Waals surface area contributed by atoms with Crippen LogP contribution in [0.3, 0.4) is 0 Å². The van der Waals surface area contributed by atoms with Gasteiger partial charge in [0.05, 0.1) is 5.56 Å². The molecule has 0 unspecified atom stereocenters. The standard InChI is InChI=1S/C18H19BrF3NO2/c1-11-3-5-15(7-12(11)2)25-10-14(24)9-23-13-4-6-17(19)16(8-13)18(20,21)22/h3-8,14,23-24H,9-10H2,1-2H3/t14-/m0/s1. The van der Waals surface area contributed by atoms with Crippen LogP contribution in [0, 0.1) is 13.8 Å². The fraction of sp³-hybridized carbons (Fsp3) is 0.333. The number of benzene rings is 2. The van der Waals surface area contributed by atoms with Crippen LogP contribution in [0.2, 0.25) is 0 Å². The zero-order chi connectivity index (χ0) is 18.6. The molecule has 2 rings (SSSR count). The molecule has 0 saturated carbocycles. The van der Waals surface area contributed by atoms with Crippen LogP contribution < -0.4 is 10.1 Å². The van der Waals surface area contributed by atoms with Gasteiger partial charge in [0.1, 0.15) is 18.5 Å². The maximum absolute atomic E-state index is 12.9. The minimum absolute atomic E-state index is 0.0239. The van der Waals surface area contributed by atoms with E-state index in [2.05, 4.69) is 21.2 Å². The molecule has 0 heterocycles. The summed E-state index contributed by atoms with van der Waals surface area (Å²) in [5, 5.41) is 12.8. The molecule has 7 heteroatoms. The maximum atomic E-state index is 12.9. The molecule has 0 aliphatic heterocycles. The lowest BCUT2D eigenvalue weighted by molar-refractivity contribution is -0.138. The number of aliphatic hydroxyl groups excluding tert-OH is 1. The summed E-state index contributed by atoms with van der Waals surface area (Å²) >= 11 is 2.89. The van der Waals surface area contributed by atoms with E-state index in [9.17, 15) is 18.3 Å². The molecule has 0 bridgehead atoms. The van der Waals surface area contributed by atoms with Gasteiger partial charge in [0.15, 0.2) is 0 Å². The molecule has 0 spiro atoms. The molecule has 25 heavy (non-hydrogen) atoms. The summed E-state index contributed by atoms with van der Waals surface area (Å²) in [6.45, 7) is 4.07. The van der Waals surface area contributed by atoms with Crippen LogP contribution in [-0.2, 0) is 6.18 Å². The lowest BCUT2D eigenvalue weighted by atomic mass is 10.1. The highest BCUT2D eigenvalue weighted by Gasteiger charge is 2.33. The lowest BCUT2D eigenvalue weighted by Crippen LogP contribution is -2.26. The van der Waals surface area contributed by atoms with Gasteiger partial charge in [-0.3, -0.25) is 0 Å². The van der Waals surface area contributed by atoms with Crippen molar-refractivity contribution >= 4 is 21.6 Å². The zero-order valence-electron chi connectivity index (χ0n) is 13.8. The Kier molecular flexibility index (Phi) is 6.35. The average Bonchev–Trinajstić information content (AvgIpc) is 2.54. The topological polar surface area (TPSA) is 41.5 Å². The van der Waals surface area contributed by atoms with Crippen LogP contribution >= 0.6 is 15.9 Å². The van der Waals surface area contributed by atoms with E-state index < -0.39 is 17.8 Å². The number of anilines is 1. The van der Waals surface area contributed by atoms with Gasteiger partial charge in [0.2, 0.25) is 0 Å². The second kappa shape index (κ2) is 8.10. The molecule has 0 aromatic heterocycles. The second-order valence-electron chi connectivity index (χ2n) is 5.78. The Morgan fingerprint density at radius 2 is 1.84 bits per heavy atom. The van der Waals surface area contributed by atoms with Gasteiger partial charge in [-0.05, 0) is 55.3 Å². The zero-order valence-corrected chi connectivity index (χ0v) is 15.4. The summed E-state index contributed by atoms with van der Waals surface area (Å²) in [4.78, 5) is 0. The average molecular weight is 418 g/mol. The number of nitrogens with one attached hydrogen (secondary N) is 1. The van der Waals surface area contributed by atoms with Crippen LogP contribution in [0.15, 0.2) is 40.9 Å². The molecule has 0 aliphatic rings. The third kappa shape index (κ3) is 5.64. The first kappa shape index (κ1) is 19.6. The molecule has 136 valence electrons. The van der Waals surface area contributed by atoms with E-state index in [0.29, 0.717) is 5.75 Å². The minimum atomic E-state index is -4.44. The van der Waals surface area contributed by atoms with Crippen LogP contribution in [0.1, 0.15) is 16.7 Å². The van der Waals surface area contributed by atoms with Gasteiger partial charge in [-0.15, -0.1) is 0 Å². The monoisotopic (exact) mass is 417 g/mol. The predicted molar refractivity (Wildman–Crippen MR) is 95.1 cm³/mol. The summed E-state index contributed by atoms with van der Waals surface area (Å²) in [5.74, 6) is 0.644. The molecule has 3 nitrogen and oxygen atoms in total. The van der Waals surface area contributed by atoms with Gasteiger partial charge in [-0.25, -0.2) is 0 Å². The van der Waals surface area contributed by atoms with E-state index in [1.807, 2.05) is 32.0 Å². The molecule has 0 aliphatic carbocycles. The van der Waals surface area contributed by atoms with Gasteiger partial charge in [0, 0.05) is 16.7 Å². The van der Waals surface area contributed by atoms with E-state index in [4.69, 9.17) is 4.74 Å². The highest BCUT2D eigenvalue weighted by Crippen LogP contribution is 2.36. The molecular formula is C18H19BrF3NO2. The largest absolute Gasteiger partial charge is 0.491 e. The number of halogens is 4. The number of ether oxygens (including phenoxy) is 1. The third-order valence-corrected chi connectivity index (χ3v) is 4.43. The molecular weight excluding hydrogens is 399 g/mol. The Hall–Kier alpha value is -1.73. The first-order valence-electron chi connectivity index (χ1n) is 7.65. The summed E-state index contributed by atoms with van der Waals surface area (Å²) in [6, 6.07) is 9.45. The number of aliphatic hydroxyl groups is 1.